The number of hydrogen-bond acceptors (Lipinski definition) is 2. The zero-order valence-electron chi connectivity index (χ0n) is 10.4. The van der Waals surface area contributed by atoms with Gasteiger partial charge in [-0.05, 0) is 31.4 Å². The highest BCUT2D eigenvalue weighted by Gasteiger charge is 2.26. The SMILES string of the molecule is CCCOc1cccc2c(Cl)cc(C3CC3)nc12. The number of nitrogens with zero attached hydrogens (tertiary/aromatic N) is 1. The molecule has 94 valence electrons. The summed E-state index contributed by atoms with van der Waals surface area (Å²) in [6, 6.07) is 7.95. The second-order valence-electron chi connectivity index (χ2n) is 4.80. The molecule has 0 unspecified atom stereocenters. The maximum absolute atomic E-state index is 6.34. The lowest BCUT2D eigenvalue weighted by molar-refractivity contribution is 0.320. The van der Waals surface area contributed by atoms with Crippen molar-refractivity contribution >= 4 is 22.5 Å². The van der Waals surface area contributed by atoms with E-state index in [0.29, 0.717) is 12.5 Å². The standard InChI is InChI=1S/C15H16ClNO/c1-2-8-18-14-5-3-4-11-12(16)9-13(10-6-7-10)17-15(11)14/h3-5,9-10H,2,6-8H2,1H3. The monoisotopic (exact) mass is 261 g/mol. The largest absolute Gasteiger partial charge is 0.491 e. The third kappa shape index (κ3) is 2.17. The first-order chi connectivity index (χ1) is 8.79. The molecule has 0 bridgehead atoms. The van der Waals surface area contributed by atoms with Gasteiger partial charge in [-0.15, -0.1) is 0 Å². The Morgan fingerprint density at radius 2 is 2.22 bits per heavy atom. The molecular formula is C15H16ClNO. The first-order valence-electron chi connectivity index (χ1n) is 6.51. The lowest BCUT2D eigenvalue weighted by Gasteiger charge is -2.10. The van der Waals surface area contributed by atoms with Gasteiger partial charge in [-0.2, -0.15) is 0 Å². The van der Waals surface area contributed by atoms with Gasteiger partial charge in [-0.3, -0.25) is 0 Å². The first kappa shape index (κ1) is 11.8. The second-order valence-corrected chi connectivity index (χ2v) is 5.21. The third-order valence-electron chi connectivity index (χ3n) is 3.23. The Morgan fingerprint density at radius 3 is 2.94 bits per heavy atom. The van der Waals surface area contributed by atoms with E-state index in [4.69, 9.17) is 21.3 Å². The van der Waals surface area contributed by atoms with Gasteiger partial charge in [0.25, 0.3) is 0 Å². The van der Waals surface area contributed by atoms with Gasteiger partial charge < -0.3 is 4.74 Å². The van der Waals surface area contributed by atoms with Crippen molar-refractivity contribution in [3.63, 3.8) is 0 Å². The molecule has 1 aliphatic rings. The lowest BCUT2D eigenvalue weighted by atomic mass is 10.1. The molecule has 0 N–H and O–H groups in total. The summed E-state index contributed by atoms with van der Waals surface area (Å²) in [5.41, 5.74) is 2.01. The second kappa shape index (κ2) is 4.77. The summed E-state index contributed by atoms with van der Waals surface area (Å²) in [6.45, 7) is 2.81. The van der Waals surface area contributed by atoms with Gasteiger partial charge in [-0.1, -0.05) is 30.7 Å². The molecule has 1 fully saturated rings. The summed E-state index contributed by atoms with van der Waals surface area (Å²) in [5, 5.41) is 1.76. The van der Waals surface area contributed by atoms with Crippen LogP contribution in [0.5, 0.6) is 5.75 Å². The Bertz CT molecular complexity index is 578. The van der Waals surface area contributed by atoms with Crippen LogP contribution in [-0.4, -0.2) is 11.6 Å². The normalized spacial score (nSPS) is 15.0. The fraction of sp³-hybridized carbons (Fsp3) is 0.400. The summed E-state index contributed by atoms with van der Waals surface area (Å²) in [6.07, 6.45) is 3.45. The fourth-order valence-electron chi connectivity index (χ4n) is 2.12. The van der Waals surface area contributed by atoms with Crippen LogP contribution in [0.1, 0.15) is 37.8 Å². The average Bonchev–Trinajstić information content (AvgIpc) is 3.20. The van der Waals surface area contributed by atoms with E-state index in [1.165, 1.54) is 12.8 Å². The zero-order chi connectivity index (χ0) is 12.5. The Morgan fingerprint density at radius 1 is 1.39 bits per heavy atom. The molecule has 0 amide bonds. The number of rotatable bonds is 4. The Labute approximate surface area is 112 Å². The van der Waals surface area contributed by atoms with E-state index < -0.39 is 0 Å². The summed E-state index contributed by atoms with van der Waals surface area (Å²) in [7, 11) is 0. The molecule has 2 aromatic rings. The van der Waals surface area contributed by atoms with Crippen LogP contribution in [0, 0.1) is 0 Å². The number of benzene rings is 1. The quantitative estimate of drug-likeness (QED) is 0.805. The van der Waals surface area contributed by atoms with E-state index in [1.807, 2.05) is 24.3 Å². The van der Waals surface area contributed by atoms with Gasteiger partial charge in [-0.25, -0.2) is 4.98 Å². The van der Waals surface area contributed by atoms with Crippen LogP contribution in [0.25, 0.3) is 10.9 Å². The van der Waals surface area contributed by atoms with Gasteiger partial charge in [0.05, 0.1) is 11.6 Å². The first-order valence-corrected chi connectivity index (χ1v) is 6.89. The molecule has 0 spiro atoms. The molecule has 0 aliphatic heterocycles. The smallest absolute Gasteiger partial charge is 0.145 e. The molecule has 2 nitrogen and oxygen atoms in total. The minimum absolute atomic E-state index is 0.603. The average molecular weight is 262 g/mol. The molecule has 0 saturated heterocycles. The van der Waals surface area contributed by atoms with Gasteiger partial charge >= 0.3 is 0 Å². The van der Waals surface area contributed by atoms with E-state index in [9.17, 15) is 0 Å². The Kier molecular flexibility index (Phi) is 3.13. The van der Waals surface area contributed by atoms with Crippen LogP contribution in [-0.2, 0) is 0 Å². The fourth-order valence-corrected chi connectivity index (χ4v) is 2.38. The Balaban J connectivity index is 2.11. The van der Waals surface area contributed by atoms with Crippen LogP contribution in [0.3, 0.4) is 0 Å². The van der Waals surface area contributed by atoms with E-state index in [0.717, 1.165) is 33.8 Å². The zero-order valence-corrected chi connectivity index (χ0v) is 11.2. The van der Waals surface area contributed by atoms with Gasteiger partial charge in [0.15, 0.2) is 0 Å². The molecule has 1 aliphatic carbocycles. The molecule has 1 heterocycles. The number of halogens is 1. The number of fused-ring (bicyclic) bond motifs is 1. The van der Waals surface area contributed by atoms with Gasteiger partial charge in [0, 0.05) is 17.0 Å². The van der Waals surface area contributed by atoms with E-state index in [1.54, 1.807) is 0 Å². The molecule has 1 aromatic heterocycles. The van der Waals surface area contributed by atoms with E-state index >= 15 is 0 Å². The predicted octanol–water partition coefficient (Wildman–Crippen LogP) is 4.55. The molecule has 1 aromatic carbocycles. The number of ether oxygens (including phenoxy) is 1. The maximum Gasteiger partial charge on any atom is 0.145 e. The van der Waals surface area contributed by atoms with Crippen LogP contribution in [0.4, 0.5) is 0 Å². The van der Waals surface area contributed by atoms with Crippen molar-refractivity contribution in [3.8, 4) is 5.75 Å². The molecule has 0 atom stereocenters. The molecule has 3 rings (SSSR count). The number of para-hydroxylation sites is 1. The minimum Gasteiger partial charge on any atom is -0.491 e. The van der Waals surface area contributed by atoms with Crippen molar-refractivity contribution in [2.24, 2.45) is 0 Å². The highest BCUT2D eigenvalue weighted by molar-refractivity contribution is 6.35. The summed E-state index contributed by atoms with van der Waals surface area (Å²) in [5.74, 6) is 1.45. The van der Waals surface area contributed by atoms with Crippen molar-refractivity contribution in [3.05, 3.63) is 35.0 Å². The summed E-state index contributed by atoms with van der Waals surface area (Å²) >= 11 is 6.34. The van der Waals surface area contributed by atoms with Crippen molar-refractivity contribution in [2.75, 3.05) is 6.61 Å². The third-order valence-corrected chi connectivity index (χ3v) is 3.54. The van der Waals surface area contributed by atoms with Crippen LogP contribution in [0.15, 0.2) is 24.3 Å². The van der Waals surface area contributed by atoms with Crippen LogP contribution in [0.2, 0.25) is 5.02 Å². The molecule has 0 radical (unpaired) electrons. The molecular weight excluding hydrogens is 246 g/mol. The molecule has 3 heteroatoms. The number of pyridine rings is 1. The van der Waals surface area contributed by atoms with Crippen LogP contribution >= 0.6 is 11.6 Å². The number of hydrogen-bond donors (Lipinski definition) is 0. The highest BCUT2D eigenvalue weighted by Crippen LogP contribution is 2.41. The van der Waals surface area contributed by atoms with E-state index in [-0.39, 0.29) is 0 Å². The van der Waals surface area contributed by atoms with Crippen molar-refractivity contribution in [1.29, 1.82) is 0 Å². The minimum atomic E-state index is 0.603. The van der Waals surface area contributed by atoms with Crippen molar-refractivity contribution in [1.82, 2.24) is 4.98 Å². The Hall–Kier alpha value is -1.28. The van der Waals surface area contributed by atoms with Gasteiger partial charge in [0.1, 0.15) is 11.3 Å². The predicted molar refractivity (Wildman–Crippen MR) is 74.5 cm³/mol. The number of aromatic nitrogens is 1. The lowest BCUT2D eigenvalue weighted by Crippen LogP contribution is -1.98. The highest BCUT2D eigenvalue weighted by atomic mass is 35.5. The van der Waals surface area contributed by atoms with E-state index in [2.05, 4.69) is 6.92 Å². The molecule has 1 saturated carbocycles. The van der Waals surface area contributed by atoms with Crippen molar-refractivity contribution in [2.45, 2.75) is 32.1 Å². The molecule has 18 heavy (non-hydrogen) atoms. The van der Waals surface area contributed by atoms with Crippen molar-refractivity contribution < 1.29 is 4.74 Å². The van der Waals surface area contributed by atoms with Gasteiger partial charge in [0.2, 0.25) is 0 Å². The summed E-state index contributed by atoms with van der Waals surface area (Å²) in [4.78, 5) is 4.74. The maximum atomic E-state index is 6.34. The van der Waals surface area contributed by atoms with Crippen LogP contribution < -0.4 is 4.74 Å². The topological polar surface area (TPSA) is 22.1 Å². The summed E-state index contributed by atoms with van der Waals surface area (Å²) < 4.78 is 5.76.